The van der Waals surface area contributed by atoms with Gasteiger partial charge in [-0.15, -0.1) is 11.3 Å². The Kier molecular flexibility index (Phi) is 6.16. The van der Waals surface area contributed by atoms with E-state index in [4.69, 9.17) is 4.74 Å². The molecule has 0 atom stereocenters. The summed E-state index contributed by atoms with van der Waals surface area (Å²) in [5.41, 5.74) is 3.23. The number of carbonyl (C=O) groups is 1. The zero-order chi connectivity index (χ0) is 24.6. The Hall–Kier alpha value is -3.50. The van der Waals surface area contributed by atoms with Crippen molar-refractivity contribution in [3.8, 4) is 0 Å². The molecule has 0 bridgehead atoms. The summed E-state index contributed by atoms with van der Waals surface area (Å²) in [4.78, 5) is 23.3. The van der Waals surface area contributed by atoms with E-state index in [9.17, 15) is 13.2 Å². The molecule has 1 aliphatic rings. The lowest BCUT2D eigenvalue weighted by atomic mass is 10.1. The number of benzene rings is 2. The van der Waals surface area contributed by atoms with Crippen LogP contribution in [0.15, 0.2) is 53.4 Å². The number of ether oxygens (including phenoxy) is 1. The Morgan fingerprint density at radius 1 is 1.03 bits per heavy atom. The Labute approximate surface area is 207 Å². The standard InChI is InChI=1S/C25H24N4O4S2/c1-3-33-25(30)21-16-10-8-13-19(16)34-24(21)28-22-23(27-18-12-6-5-11-17(18)26-22)29-35(31,32)20-14-7-4-9-15(20)2/h4-7,9,11-12,14H,3,8,10,13H2,1-2H3,(H,26,28)(H,27,29). The molecule has 35 heavy (non-hydrogen) atoms. The zero-order valence-corrected chi connectivity index (χ0v) is 20.9. The molecule has 0 radical (unpaired) electrons. The van der Waals surface area contributed by atoms with Crippen LogP contribution in [-0.4, -0.2) is 31.0 Å². The molecule has 4 aromatic rings. The Morgan fingerprint density at radius 3 is 2.43 bits per heavy atom. The highest BCUT2D eigenvalue weighted by Gasteiger charge is 2.29. The molecule has 0 saturated carbocycles. The fourth-order valence-corrected chi connectivity index (χ4v) is 6.75. The van der Waals surface area contributed by atoms with Gasteiger partial charge in [0.05, 0.1) is 28.1 Å². The molecule has 0 unspecified atom stereocenters. The Balaban J connectivity index is 1.61. The van der Waals surface area contributed by atoms with E-state index in [-0.39, 0.29) is 23.1 Å². The molecule has 0 saturated heterocycles. The number of nitrogens with zero attached hydrogens (tertiary/aromatic N) is 2. The average molecular weight is 509 g/mol. The van der Waals surface area contributed by atoms with E-state index in [1.54, 1.807) is 50.2 Å². The SMILES string of the molecule is CCOC(=O)c1c(Nc2nc3ccccc3nc2NS(=O)(=O)c2ccccc2C)sc2c1CCC2. The van der Waals surface area contributed by atoms with Crippen molar-refractivity contribution in [3.63, 3.8) is 0 Å². The van der Waals surface area contributed by atoms with Crippen LogP contribution >= 0.6 is 11.3 Å². The van der Waals surface area contributed by atoms with Crippen molar-refractivity contribution < 1.29 is 17.9 Å². The van der Waals surface area contributed by atoms with Crippen molar-refractivity contribution in [1.29, 1.82) is 0 Å². The number of carbonyl (C=O) groups excluding carboxylic acids is 1. The van der Waals surface area contributed by atoms with Crippen molar-refractivity contribution in [2.24, 2.45) is 0 Å². The van der Waals surface area contributed by atoms with Crippen LogP contribution < -0.4 is 10.0 Å². The largest absolute Gasteiger partial charge is 0.462 e. The van der Waals surface area contributed by atoms with Gasteiger partial charge in [-0.3, -0.25) is 4.72 Å². The third-order valence-corrected chi connectivity index (χ3v) is 8.52. The molecule has 5 rings (SSSR count). The fourth-order valence-electron chi connectivity index (χ4n) is 4.22. The van der Waals surface area contributed by atoms with Crippen molar-refractivity contribution >= 4 is 55.0 Å². The number of hydrogen-bond acceptors (Lipinski definition) is 8. The number of anilines is 3. The molecule has 10 heteroatoms. The van der Waals surface area contributed by atoms with Gasteiger partial charge in [-0.1, -0.05) is 30.3 Å². The molecule has 2 aromatic heterocycles. The molecule has 8 nitrogen and oxygen atoms in total. The van der Waals surface area contributed by atoms with E-state index in [0.717, 1.165) is 29.7 Å². The predicted molar refractivity (Wildman–Crippen MR) is 137 cm³/mol. The van der Waals surface area contributed by atoms with Gasteiger partial charge in [0.1, 0.15) is 5.00 Å². The van der Waals surface area contributed by atoms with E-state index in [0.29, 0.717) is 27.2 Å². The number of thiophene rings is 1. The normalized spacial score (nSPS) is 13.0. The molecule has 180 valence electrons. The number of aryl methyl sites for hydroxylation is 2. The lowest BCUT2D eigenvalue weighted by Crippen LogP contribution is -2.17. The molecule has 0 amide bonds. The van der Waals surface area contributed by atoms with Gasteiger partial charge in [0, 0.05) is 4.88 Å². The highest BCUT2D eigenvalue weighted by atomic mass is 32.2. The van der Waals surface area contributed by atoms with Crippen LogP contribution in [0.2, 0.25) is 0 Å². The number of esters is 1. The van der Waals surface area contributed by atoms with Crippen molar-refractivity contribution in [2.75, 3.05) is 16.6 Å². The number of fused-ring (bicyclic) bond motifs is 2. The van der Waals surface area contributed by atoms with Crippen LogP contribution in [0.5, 0.6) is 0 Å². The van der Waals surface area contributed by atoms with Gasteiger partial charge in [0.25, 0.3) is 10.0 Å². The first-order chi connectivity index (χ1) is 16.9. The molecule has 2 aromatic carbocycles. The van der Waals surface area contributed by atoms with Gasteiger partial charge in [0.2, 0.25) is 0 Å². The number of rotatable bonds is 7. The van der Waals surface area contributed by atoms with Crippen molar-refractivity contribution in [2.45, 2.75) is 38.0 Å². The first-order valence-electron chi connectivity index (χ1n) is 11.3. The summed E-state index contributed by atoms with van der Waals surface area (Å²) in [6.07, 6.45) is 2.69. The third kappa shape index (κ3) is 4.46. The maximum absolute atomic E-state index is 13.3. The first-order valence-corrected chi connectivity index (χ1v) is 13.6. The summed E-state index contributed by atoms with van der Waals surface area (Å²) in [7, 11) is -3.94. The van der Waals surface area contributed by atoms with Crippen LogP contribution in [-0.2, 0) is 27.6 Å². The van der Waals surface area contributed by atoms with Gasteiger partial charge in [-0.25, -0.2) is 23.2 Å². The predicted octanol–water partition coefficient (Wildman–Crippen LogP) is 5.21. The summed E-state index contributed by atoms with van der Waals surface area (Å²) in [6.45, 7) is 3.77. The number of aromatic nitrogens is 2. The number of nitrogens with one attached hydrogen (secondary N) is 2. The van der Waals surface area contributed by atoms with E-state index in [1.165, 1.54) is 11.3 Å². The molecule has 0 spiro atoms. The highest BCUT2D eigenvalue weighted by molar-refractivity contribution is 7.92. The van der Waals surface area contributed by atoms with Crippen LogP contribution in [0.25, 0.3) is 11.0 Å². The van der Waals surface area contributed by atoms with Crippen molar-refractivity contribution in [3.05, 3.63) is 70.1 Å². The smallest absolute Gasteiger partial charge is 0.341 e. The van der Waals surface area contributed by atoms with Crippen molar-refractivity contribution in [1.82, 2.24) is 9.97 Å². The Morgan fingerprint density at radius 2 is 1.71 bits per heavy atom. The van der Waals surface area contributed by atoms with E-state index >= 15 is 0 Å². The quantitative estimate of drug-likeness (QED) is 0.330. The topological polar surface area (TPSA) is 110 Å². The Bertz CT molecular complexity index is 1550. The monoisotopic (exact) mass is 508 g/mol. The minimum atomic E-state index is -3.94. The maximum Gasteiger partial charge on any atom is 0.341 e. The molecule has 0 aliphatic heterocycles. The lowest BCUT2D eigenvalue weighted by molar-refractivity contribution is 0.0527. The summed E-state index contributed by atoms with van der Waals surface area (Å²) < 4.78 is 34.4. The maximum atomic E-state index is 13.3. The third-order valence-electron chi connectivity index (χ3n) is 5.82. The van der Waals surface area contributed by atoms with E-state index in [1.807, 2.05) is 12.1 Å². The number of sulfonamides is 1. The molecule has 2 heterocycles. The second-order valence-corrected chi connectivity index (χ2v) is 10.9. The average Bonchev–Trinajstić information content (AvgIpc) is 3.40. The second kappa shape index (κ2) is 9.27. The van der Waals surface area contributed by atoms with E-state index < -0.39 is 16.0 Å². The fraction of sp³-hybridized carbons (Fsp3) is 0.240. The van der Waals surface area contributed by atoms with Crippen LogP contribution in [0.4, 0.5) is 16.6 Å². The lowest BCUT2D eigenvalue weighted by Gasteiger charge is -2.15. The number of para-hydroxylation sites is 2. The molecular formula is C25H24N4O4S2. The number of hydrogen-bond donors (Lipinski definition) is 2. The summed E-state index contributed by atoms with van der Waals surface area (Å²) in [5, 5.41) is 3.79. The zero-order valence-electron chi connectivity index (χ0n) is 19.3. The van der Waals surface area contributed by atoms with Gasteiger partial charge >= 0.3 is 5.97 Å². The minimum Gasteiger partial charge on any atom is -0.462 e. The highest BCUT2D eigenvalue weighted by Crippen LogP contribution is 2.41. The van der Waals surface area contributed by atoms with Gasteiger partial charge < -0.3 is 10.1 Å². The summed E-state index contributed by atoms with van der Waals surface area (Å²) in [5.74, 6) is -0.133. The molecule has 1 aliphatic carbocycles. The van der Waals surface area contributed by atoms with Gasteiger partial charge in [-0.2, -0.15) is 0 Å². The van der Waals surface area contributed by atoms with Crippen LogP contribution in [0.1, 0.15) is 39.7 Å². The summed E-state index contributed by atoms with van der Waals surface area (Å²) in [6, 6.07) is 13.9. The van der Waals surface area contributed by atoms with Crippen LogP contribution in [0.3, 0.4) is 0 Å². The second-order valence-electron chi connectivity index (χ2n) is 8.19. The van der Waals surface area contributed by atoms with Crippen LogP contribution in [0, 0.1) is 6.92 Å². The van der Waals surface area contributed by atoms with E-state index in [2.05, 4.69) is 20.0 Å². The molecule has 2 N–H and O–H groups in total. The summed E-state index contributed by atoms with van der Waals surface area (Å²) >= 11 is 1.47. The van der Waals surface area contributed by atoms with Gasteiger partial charge in [-0.05, 0) is 62.4 Å². The molecule has 0 fully saturated rings. The molecular weight excluding hydrogens is 484 g/mol. The van der Waals surface area contributed by atoms with Gasteiger partial charge in [0.15, 0.2) is 11.6 Å². The minimum absolute atomic E-state index is 0.0512. The first kappa shape index (κ1) is 23.3.